The topological polar surface area (TPSA) is 12.4 Å². The molecule has 0 heterocycles. The monoisotopic (exact) mass is 285 g/mol. The first-order valence-corrected chi connectivity index (χ1v) is 4.63. The standard InChI is InChI=1S/C8H4BrClF3N/c9-5-2-1-3-6(4-5)14-7(10)8(11,12)13/h1-4H/b14-7+. The van der Waals surface area contributed by atoms with E-state index in [1.807, 2.05) is 0 Å². The van der Waals surface area contributed by atoms with E-state index in [1.165, 1.54) is 12.1 Å². The molecular weight excluding hydrogens is 282 g/mol. The molecule has 1 rings (SSSR count). The second kappa shape index (κ2) is 4.31. The molecule has 0 saturated heterocycles. The number of hydrogen-bond donors (Lipinski definition) is 0. The lowest BCUT2D eigenvalue weighted by molar-refractivity contribution is -0.0558. The van der Waals surface area contributed by atoms with Crippen LogP contribution in [-0.4, -0.2) is 11.3 Å². The lowest BCUT2D eigenvalue weighted by Gasteiger charge is -2.02. The molecule has 0 fully saturated rings. The van der Waals surface area contributed by atoms with Crippen molar-refractivity contribution in [3.63, 3.8) is 0 Å². The Morgan fingerprint density at radius 3 is 2.50 bits per heavy atom. The highest BCUT2D eigenvalue weighted by atomic mass is 79.9. The third-order valence-electron chi connectivity index (χ3n) is 1.27. The average molecular weight is 286 g/mol. The molecule has 0 atom stereocenters. The van der Waals surface area contributed by atoms with E-state index in [2.05, 4.69) is 20.9 Å². The van der Waals surface area contributed by atoms with Crippen LogP contribution in [0.3, 0.4) is 0 Å². The summed E-state index contributed by atoms with van der Waals surface area (Å²) in [4.78, 5) is 3.22. The van der Waals surface area contributed by atoms with Gasteiger partial charge in [0.15, 0.2) is 0 Å². The molecule has 0 saturated carbocycles. The van der Waals surface area contributed by atoms with Gasteiger partial charge in [0.1, 0.15) is 0 Å². The van der Waals surface area contributed by atoms with Crippen LogP contribution in [0, 0.1) is 0 Å². The highest BCUT2D eigenvalue weighted by Gasteiger charge is 2.34. The summed E-state index contributed by atoms with van der Waals surface area (Å²) >= 11 is 8.06. The molecule has 0 aliphatic heterocycles. The zero-order valence-electron chi connectivity index (χ0n) is 6.65. The molecule has 6 heteroatoms. The van der Waals surface area contributed by atoms with Crippen LogP contribution in [0.1, 0.15) is 0 Å². The summed E-state index contributed by atoms with van der Waals surface area (Å²) in [6.45, 7) is 0. The number of halogens is 5. The first-order chi connectivity index (χ1) is 6.39. The molecule has 1 aromatic rings. The van der Waals surface area contributed by atoms with Gasteiger partial charge in [-0.05, 0) is 18.2 Å². The minimum atomic E-state index is -4.59. The Balaban J connectivity index is 2.98. The fraction of sp³-hybridized carbons (Fsp3) is 0.125. The lowest BCUT2D eigenvalue weighted by Crippen LogP contribution is -2.16. The minimum Gasteiger partial charge on any atom is -0.232 e. The zero-order chi connectivity index (χ0) is 10.8. The first-order valence-electron chi connectivity index (χ1n) is 3.46. The van der Waals surface area contributed by atoms with E-state index in [1.54, 1.807) is 12.1 Å². The van der Waals surface area contributed by atoms with E-state index in [4.69, 9.17) is 11.6 Å². The Kier molecular flexibility index (Phi) is 3.55. The number of benzene rings is 1. The van der Waals surface area contributed by atoms with E-state index < -0.39 is 11.3 Å². The van der Waals surface area contributed by atoms with Crippen molar-refractivity contribution >= 4 is 38.4 Å². The summed E-state index contributed by atoms with van der Waals surface area (Å²) in [7, 11) is 0. The Hall–Kier alpha value is -0.550. The van der Waals surface area contributed by atoms with Crippen LogP contribution in [0.5, 0.6) is 0 Å². The lowest BCUT2D eigenvalue weighted by atomic mass is 10.3. The van der Waals surface area contributed by atoms with Gasteiger partial charge in [-0.25, -0.2) is 4.99 Å². The van der Waals surface area contributed by atoms with Gasteiger partial charge in [0, 0.05) is 4.47 Å². The zero-order valence-corrected chi connectivity index (χ0v) is 8.99. The van der Waals surface area contributed by atoms with Crippen molar-refractivity contribution in [2.45, 2.75) is 6.18 Å². The normalized spacial score (nSPS) is 13.1. The number of rotatable bonds is 1. The van der Waals surface area contributed by atoms with Gasteiger partial charge in [0.05, 0.1) is 5.69 Å². The largest absolute Gasteiger partial charge is 0.444 e. The molecule has 0 N–H and O–H groups in total. The van der Waals surface area contributed by atoms with Crippen LogP contribution in [0.4, 0.5) is 18.9 Å². The smallest absolute Gasteiger partial charge is 0.232 e. The highest BCUT2D eigenvalue weighted by Crippen LogP contribution is 2.25. The summed E-state index contributed by atoms with van der Waals surface area (Å²) in [6, 6.07) is 6.12. The van der Waals surface area contributed by atoms with Crippen LogP contribution in [-0.2, 0) is 0 Å². The molecule has 76 valence electrons. The number of aliphatic imine (C=N–C) groups is 1. The van der Waals surface area contributed by atoms with Crippen molar-refractivity contribution in [1.29, 1.82) is 0 Å². The van der Waals surface area contributed by atoms with E-state index in [0.29, 0.717) is 4.47 Å². The third kappa shape index (κ3) is 3.31. The van der Waals surface area contributed by atoms with Gasteiger partial charge in [-0.15, -0.1) is 0 Å². The summed E-state index contributed by atoms with van der Waals surface area (Å²) in [5.41, 5.74) is 0.154. The van der Waals surface area contributed by atoms with Gasteiger partial charge < -0.3 is 0 Å². The van der Waals surface area contributed by atoms with Gasteiger partial charge in [-0.3, -0.25) is 0 Å². The van der Waals surface area contributed by atoms with Gasteiger partial charge in [-0.2, -0.15) is 13.2 Å². The molecule has 0 aromatic heterocycles. The molecule has 0 bridgehead atoms. The first kappa shape index (κ1) is 11.5. The van der Waals surface area contributed by atoms with E-state index >= 15 is 0 Å². The fourth-order valence-electron chi connectivity index (χ4n) is 0.722. The van der Waals surface area contributed by atoms with Crippen molar-refractivity contribution < 1.29 is 13.2 Å². The van der Waals surface area contributed by atoms with Crippen molar-refractivity contribution in [1.82, 2.24) is 0 Å². The summed E-state index contributed by atoms with van der Waals surface area (Å²) in [6.07, 6.45) is -4.59. The van der Waals surface area contributed by atoms with Crippen LogP contribution >= 0.6 is 27.5 Å². The van der Waals surface area contributed by atoms with Crippen molar-refractivity contribution in [3.05, 3.63) is 28.7 Å². The van der Waals surface area contributed by atoms with Crippen LogP contribution in [0.2, 0.25) is 0 Å². The Bertz CT molecular complexity index is 362. The summed E-state index contributed by atoms with van der Waals surface area (Å²) < 4.78 is 36.5. The Morgan fingerprint density at radius 2 is 2.00 bits per heavy atom. The Morgan fingerprint density at radius 1 is 1.36 bits per heavy atom. The van der Waals surface area contributed by atoms with E-state index in [9.17, 15) is 13.2 Å². The van der Waals surface area contributed by atoms with Gasteiger partial charge in [0.25, 0.3) is 0 Å². The predicted octanol–water partition coefficient (Wildman–Crippen LogP) is 4.28. The fourth-order valence-corrected chi connectivity index (χ4v) is 1.21. The highest BCUT2D eigenvalue weighted by molar-refractivity contribution is 9.10. The van der Waals surface area contributed by atoms with Gasteiger partial charge in [-0.1, -0.05) is 33.6 Å². The maximum absolute atomic E-state index is 12.0. The SMILES string of the molecule is FC(F)(F)/C(Cl)=N\c1cccc(Br)c1. The number of hydrogen-bond acceptors (Lipinski definition) is 1. The molecule has 1 nitrogen and oxygen atoms in total. The van der Waals surface area contributed by atoms with Crippen molar-refractivity contribution in [2.75, 3.05) is 0 Å². The summed E-state index contributed by atoms with van der Waals surface area (Å²) in [5.74, 6) is 0. The van der Waals surface area contributed by atoms with E-state index in [-0.39, 0.29) is 5.69 Å². The van der Waals surface area contributed by atoms with Crippen molar-refractivity contribution in [2.24, 2.45) is 4.99 Å². The maximum Gasteiger partial charge on any atom is 0.444 e. The van der Waals surface area contributed by atoms with Crippen LogP contribution in [0.25, 0.3) is 0 Å². The quantitative estimate of drug-likeness (QED) is 0.683. The molecule has 0 aliphatic carbocycles. The number of nitrogens with zero attached hydrogens (tertiary/aromatic N) is 1. The van der Waals surface area contributed by atoms with Gasteiger partial charge >= 0.3 is 6.18 Å². The molecule has 0 unspecified atom stereocenters. The number of alkyl halides is 3. The average Bonchev–Trinajstić information content (AvgIpc) is 2.02. The maximum atomic E-state index is 12.0. The molecule has 0 aliphatic rings. The van der Waals surface area contributed by atoms with E-state index in [0.717, 1.165) is 0 Å². The van der Waals surface area contributed by atoms with Crippen LogP contribution in [0.15, 0.2) is 33.7 Å². The summed E-state index contributed by atoms with van der Waals surface area (Å²) in [5, 5.41) is -1.38. The van der Waals surface area contributed by atoms with Crippen LogP contribution < -0.4 is 0 Å². The second-order valence-corrected chi connectivity index (χ2v) is 3.65. The van der Waals surface area contributed by atoms with Crippen molar-refractivity contribution in [3.8, 4) is 0 Å². The predicted molar refractivity (Wildman–Crippen MR) is 53.1 cm³/mol. The molecular formula is C8H4BrClF3N. The van der Waals surface area contributed by atoms with Gasteiger partial charge in [0.2, 0.25) is 5.17 Å². The molecule has 1 aromatic carbocycles. The molecule has 14 heavy (non-hydrogen) atoms. The Labute approximate surface area is 91.7 Å². The molecule has 0 amide bonds. The second-order valence-electron chi connectivity index (χ2n) is 2.38. The molecule has 0 radical (unpaired) electrons. The minimum absolute atomic E-state index is 0.154. The third-order valence-corrected chi connectivity index (χ3v) is 2.06. The molecule has 0 spiro atoms.